The fraction of sp³-hybridized carbons (Fsp3) is 0.731. The van der Waals surface area contributed by atoms with Crippen LogP contribution in [0.3, 0.4) is 0 Å². The molecule has 0 bridgehead atoms. The van der Waals surface area contributed by atoms with E-state index in [1.165, 1.54) is 69.0 Å². The second-order valence-electron chi connectivity index (χ2n) is 10.2. The lowest BCUT2D eigenvalue weighted by molar-refractivity contribution is 0.0654. The van der Waals surface area contributed by atoms with Gasteiger partial charge in [0.25, 0.3) is 0 Å². The third kappa shape index (κ3) is 5.19. The maximum absolute atomic E-state index is 5.59. The van der Waals surface area contributed by atoms with Crippen molar-refractivity contribution < 1.29 is 4.74 Å². The number of ether oxygens (including phenoxy) is 1. The highest BCUT2D eigenvalue weighted by Crippen LogP contribution is 2.38. The van der Waals surface area contributed by atoms with E-state index in [4.69, 9.17) is 14.8 Å². The molecule has 0 aromatic carbocycles. The molecule has 1 atom stereocenters. The maximum atomic E-state index is 5.59. The first-order chi connectivity index (χ1) is 15.3. The molecule has 2 aromatic rings. The third-order valence-corrected chi connectivity index (χ3v) is 7.74. The van der Waals surface area contributed by atoms with Crippen LogP contribution in [0.4, 0.5) is 0 Å². The van der Waals surface area contributed by atoms with Crippen LogP contribution >= 0.6 is 0 Å². The minimum absolute atomic E-state index is 0.416. The fourth-order valence-electron chi connectivity index (χ4n) is 5.50. The summed E-state index contributed by atoms with van der Waals surface area (Å²) in [5.41, 5.74) is 3.67. The predicted octanol–water partition coefficient (Wildman–Crippen LogP) is 6.11. The number of aromatic nitrogens is 4. The lowest BCUT2D eigenvalue weighted by Gasteiger charge is -2.24. The van der Waals surface area contributed by atoms with Crippen molar-refractivity contribution in [2.75, 3.05) is 13.2 Å². The van der Waals surface area contributed by atoms with Crippen molar-refractivity contribution in [3.05, 3.63) is 30.0 Å². The number of hydrogen-bond donors (Lipinski definition) is 0. The van der Waals surface area contributed by atoms with Crippen molar-refractivity contribution in [2.24, 2.45) is 11.8 Å². The van der Waals surface area contributed by atoms with Crippen molar-refractivity contribution >= 4 is 0 Å². The second-order valence-corrected chi connectivity index (χ2v) is 10.2. The Morgan fingerprint density at radius 3 is 2.61 bits per heavy atom. The fourth-order valence-corrected chi connectivity index (χ4v) is 5.50. The summed E-state index contributed by atoms with van der Waals surface area (Å²) in [5, 5.41) is 4.87. The van der Waals surface area contributed by atoms with Crippen molar-refractivity contribution in [1.82, 2.24) is 19.7 Å². The molecule has 0 spiro atoms. The van der Waals surface area contributed by atoms with Gasteiger partial charge in [0, 0.05) is 36.6 Å². The zero-order valence-corrected chi connectivity index (χ0v) is 19.1. The first-order valence-electron chi connectivity index (χ1n) is 12.8. The van der Waals surface area contributed by atoms with Crippen LogP contribution in [0.5, 0.6) is 0 Å². The predicted molar refractivity (Wildman–Crippen MR) is 123 cm³/mol. The Balaban J connectivity index is 1.34. The van der Waals surface area contributed by atoms with Gasteiger partial charge in [-0.05, 0) is 62.8 Å². The van der Waals surface area contributed by atoms with Crippen molar-refractivity contribution in [2.45, 2.75) is 95.9 Å². The Morgan fingerprint density at radius 1 is 1.03 bits per heavy atom. The average molecular weight is 423 g/mol. The van der Waals surface area contributed by atoms with Gasteiger partial charge in [-0.3, -0.25) is 4.68 Å². The van der Waals surface area contributed by atoms with Gasteiger partial charge < -0.3 is 4.74 Å². The average Bonchev–Trinajstić information content (AvgIpc) is 3.55. The zero-order valence-electron chi connectivity index (χ0n) is 19.1. The van der Waals surface area contributed by atoms with Gasteiger partial charge in [-0.2, -0.15) is 5.10 Å². The number of nitrogens with zero attached hydrogens (tertiary/aromatic N) is 4. The van der Waals surface area contributed by atoms with Crippen molar-refractivity contribution in [3.8, 4) is 11.3 Å². The number of rotatable bonds is 8. The van der Waals surface area contributed by atoms with Gasteiger partial charge in [-0.1, -0.05) is 39.0 Å². The third-order valence-electron chi connectivity index (χ3n) is 7.74. The largest absolute Gasteiger partial charge is 0.381 e. The van der Waals surface area contributed by atoms with Crippen LogP contribution in [0.25, 0.3) is 11.3 Å². The molecular formula is C26H38N4O. The van der Waals surface area contributed by atoms with Gasteiger partial charge in [0.2, 0.25) is 0 Å². The van der Waals surface area contributed by atoms with E-state index in [2.05, 4.69) is 28.9 Å². The summed E-state index contributed by atoms with van der Waals surface area (Å²) in [4.78, 5) is 9.74. The van der Waals surface area contributed by atoms with E-state index in [0.29, 0.717) is 12.0 Å². The zero-order chi connectivity index (χ0) is 21.0. The van der Waals surface area contributed by atoms with Crippen LogP contribution in [0.2, 0.25) is 0 Å². The SMILES string of the molecule is CC(CCC1CCCCC1)c1nccc(-c2cnn(C3CCOCC3)c2CC2CC2)n1. The topological polar surface area (TPSA) is 52.8 Å². The summed E-state index contributed by atoms with van der Waals surface area (Å²) in [7, 11) is 0. The van der Waals surface area contributed by atoms with E-state index in [-0.39, 0.29) is 0 Å². The highest BCUT2D eigenvalue weighted by Gasteiger charge is 2.29. The molecule has 1 saturated heterocycles. The number of hydrogen-bond acceptors (Lipinski definition) is 4. The van der Waals surface area contributed by atoms with Crippen LogP contribution in [0.15, 0.2) is 18.5 Å². The Labute approximate surface area is 187 Å². The Morgan fingerprint density at radius 2 is 1.84 bits per heavy atom. The van der Waals surface area contributed by atoms with Crippen molar-refractivity contribution in [1.29, 1.82) is 0 Å². The van der Waals surface area contributed by atoms with Gasteiger partial charge in [-0.15, -0.1) is 0 Å². The standard InChI is InChI=1S/C26H38N4O/c1-19(7-8-20-5-3-2-4-6-20)26-27-14-11-24(29-26)23-18-28-30(22-12-15-31-16-13-22)25(23)17-21-9-10-21/h11,14,18-22H,2-10,12-13,15-17H2,1H3. The highest BCUT2D eigenvalue weighted by molar-refractivity contribution is 5.61. The first kappa shape index (κ1) is 21.1. The molecule has 5 nitrogen and oxygen atoms in total. The minimum Gasteiger partial charge on any atom is -0.381 e. The molecule has 1 unspecified atom stereocenters. The summed E-state index contributed by atoms with van der Waals surface area (Å²) < 4.78 is 7.90. The summed E-state index contributed by atoms with van der Waals surface area (Å²) in [6, 6.07) is 2.55. The van der Waals surface area contributed by atoms with Crippen molar-refractivity contribution in [3.63, 3.8) is 0 Å². The summed E-state index contributed by atoms with van der Waals surface area (Å²) >= 11 is 0. The molecule has 2 saturated carbocycles. The van der Waals surface area contributed by atoms with E-state index in [9.17, 15) is 0 Å². The lowest BCUT2D eigenvalue weighted by Crippen LogP contribution is -2.22. The Bertz CT molecular complexity index is 847. The lowest BCUT2D eigenvalue weighted by atomic mass is 9.84. The Hall–Kier alpha value is -1.75. The molecule has 3 fully saturated rings. The summed E-state index contributed by atoms with van der Waals surface area (Å²) in [6.45, 7) is 4.00. The van der Waals surface area contributed by atoms with Crippen LogP contribution in [0, 0.1) is 11.8 Å². The summed E-state index contributed by atoms with van der Waals surface area (Å²) in [5.74, 6) is 3.16. The quantitative estimate of drug-likeness (QED) is 0.515. The molecule has 5 heteroatoms. The molecule has 0 amide bonds. The van der Waals surface area contributed by atoms with Gasteiger partial charge in [0.1, 0.15) is 5.82 Å². The van der Waals surface area contributed by atoms with E-state index in [0.717, 1.165) is 55.8 Å². The Kier molecular flexibility index (Phi) is 6.68. The normalized spacial score (nSPS) is 22.0. The molecule has 168 valence electrons. The maximum Gasteiger partial charge on any atom is 0.131 e. The van der Waals surface area contributed by atoms with E-state index in [1.54, 1.807) is 0 Å². The molecule has 0 radical (unpaired) electrons. The van der Waals surface area contributed by atoms with Crippen LogP contribution < -0.4 is 0 Å². The van der Waals surface area contributed by atoms with Gasteiger partial charge in [-0.25, -0.2) is 9.97 Å². The monoisotopic (exact) mass is 422 g/mol. The smallest absolute Gasteiger partial charge is 0.131 e. The molecule has 0 N–H and O–H groups in total. The minimum atomic E-state index is 0.416. The van der Waals surface area contributed by atoms with Gasteiger partial charge >= 0.3 is 0 Å². The summed E-state index contributed by atoms with van der Waals surface area (Å²) in [6.07, 6.45) is 19.6. The van der Waals surface area contributed by atoms with Crippen LogP contribution in [-0.4, -0.2) is 33.0 Å². The van der Waals surface area contributed by atoms with Crippen LogP contribution in [-0.2, 0) is 11.2 Å². The second kappa shape index (κ2) is 9.81. The molecule has 3 aliphatic rings. The molecular weight excluding hydrogens is 384 g/mol. The molecule has 2 aromatic heterocycles. The van der Waals surface area contributed by atoms with E-state index in [1.807, 2.05) is 6.20 Å². The molecule has 31 heavy (non-hydrogen) atoms. The molecule has 2 aliphatic carbocycles. The highest BCUT2D eigenvalue weighted by atomic mass is 16.5. The first-order valence-corrected chi connectivity index (χ1v) is 12.8. The van der Waals surface area contributed by atoms with Gasteiger partial charge in [0.05, 0.1) is 17.9 Å². The van der Waals surface area contributed by atoms with Crippen LogP contribution in [0.1, 0.15) is 101 Å². The molecule has 1 aliphatic heterocycles. The van der Waals surface area contributed by atoms with Gasteiger partial charge in [0.15, 0.2) is 0 Å². The molecule has 5 rings (SSSR count). The van der Waals surface area contributed by atoms with E-state index >= 15 is 0 Å². The van der Waals surface area contributed by atoms with E-state index < -0.39 is 0 Å². The molecule has 3 heterocycles.